The van der Waals surface area contributed by atoms with E-state index in [4.69, 9.17) is 4.74 Å². The molecule has 2 rings (SSSR count). The maximum Gasteiger partial charge on any atom is 0.417 e. The summed E-state index contributed by atoms with van der Waals surface area (Å²) in [5, 5.41) is 0. The van der Waals surface area contributed by atoms with E-state index < -0.39 is 6.09 Å². The molecule has 2 amide bonds. The highest BCUT2D eigenvalue weighted by Crippen LogP contribution is 2.27. The molecule has 4 heteroatoms. The van der Waals surface area contributed by atoms with Gasteiger partial charge < -0.3 is 4.74 Å². The van der Waals surface area contributed by atoms with Crippen LogP contribution in [0.4, 0.5) is 4.79 Å². The van der Waals surface area contributed by atoms with Crippen LogP contribution in [-0.4, -0.2) is 23.5 Å². The number of cyclic esters (lactones) is 1. The van der Waals surface area contributed by atoms with Crippen LogP contribution in [0, 0.1) is 0 Å². The second kappa shape index (κ2) is 4.35. The fourth-order valence-corrected chi connectivity index (χ4v) is 1.91. The number of hydrogen-bond donors (Lipinski definition) is 0. The quantitative estimate of drug-likeness (QED) is 0.782. The zero-order chi connectivity index (χ0) is 11.5. The third-order valence-corrected chi connectivity index (χ3v) is 2.67. The summed E-state index contributed by atoms with van der Waals surface area (Å²) in [6.45, 7) is 1.80. The van der Waals surface area contributed by atoms with Crippen LogP contribution < -0.4 is 0 Å². The minimum absolute atomic E-state index is 0.137. The predicted octanol–water partition coefficient (Wildman–Crippen LogP) is 2.12. The molecule has 4 nitrogen and oxygen atoms in total. The van der Waals surface area contributed by atoms with Gasteiger partial charge in [-0.25, -0.2) is 9.69 Å². The van der Waals surface area contributed by atoms with Crippen molar-refractivity contribution in [1.82, 2.24) is 4.90 Å². The third kappa shape index (κ3) is 1.78. The molecule has 1 aromatic carbocycles. The van der Waals surface area contributed by atoms with E-state index in [0.29, 0.717) is 6.42 Å². The van der Waals surface area contributed by atoms with E-state index in [9.17, 15) is 9.59 Å². The minimum Gasteiger partial charge on any atom is -0.439 e. The van der Waals surface area contributed by atoms with Crippen LogP contribution in [-0.2, 0) is 9.53 Å². The summed E-state index contributed by atoms with van der Waals surface area (Å²) in [5.74, 6) is -0.263. The van der Waals surface area contributed by atoms with Crippen molar-refractivity contribution >= 4 is 12.0 Å². The van der Waals surface area contributed by atoms with Crippen LogP contribution in [0.3, 0.4) is 0 Å². The molecule has 0 saturated carbocycles. The van der Waals surface area contributed by atoms with Crippen molar-refractivity contribution in [2.24, 2.45) is 0 Å². The zero-order valence-electron chi connectivity index (χ0n) is 9.05. The molecule has 0 N–H and O–H groups in total. The van der Waals surface area contributed by atoms with Gasteiger partial charge in [-0.05, 0) is 12.0 Å². The topological polar surface area (TPSA) is 46.6 Å². The lowest BCUT2D eigenvalue weighted by Gasteiger charge is -2.22. The van der Waals surface area contributed by atoms with E-state index >= 15 is 0 Å². The number of imide groups is 1. The molecule has 0 aromatic heterocycles. The lowest BCUT2D eigenvalue weighted by molar-refractivity contribution is -0.127. The van der Waals surface area contributed by atoms with Gasteiger partial charge in [0.1, 0.15) is 0 Å². The molecular weight excluding hydrogens is 206 g/mol. The second-order valence-corrected chi connectivity index (χ2v) is 3.65. The normalized spacial score (nSPS) is 17.4. The van der Waals surface area contributed by atoms with Crippen LogP contribution in [0.25, 0.3) is 0 Å². The van der Waals surface area contributed by atoms with Crippen molar-refractivity contribution in [3.8, 4) is 0 Å². The Bertz CT molecular complexity index is 386. The standard InChI is InChI=1S/C12H13NO3/c1-2-10(9-6-4-3-5-7-9)13-11(14)8-16-12(13)15/h3-7,10H,2,8H2,1H3/t10-/m1/s1. The summed E-state index contributed by atoms with van der Waals surface area (Å²) in [5.41, 5.74) is 0.956. The van der Waals surface area contributed by atoms with Crippen LogP contribution >= 0.6 is 0 Å². The van der Waals surface area contributed by atoms with Gasteiger partial charge in [-0.2, -0.15) is 0 Å². The fraction of sp³-hybridized carbons (Fsp3) is 0.333. The maximum absolute atomic E-state index is 11.5. The minimum atomic E-state index is -0.541. The van der Waals surface area contributed by atoms with E-state index in [-0.39, 0.29) is 18.6 Å². The molecule has 0 aliphatic carbocycles. The molecule has 1 aliphatic heterocycles. The van der Waals surface area contributed by atoms with E-state index in [1.54, 1.807) is 0 Å². The molecule has 1 aromatic rings. The van der Waals surface area contributed by atoms with E-state index in [1.165, 1.54) is 4.90 Å². The van der Waals surface area contributed by atoms with E-state index in [2.05, 4.69) is 0 Å². The van der Waals surface area contributed by atoms with Crippen LogP contribution in [0.15, 0.2) is 30.3 Å². The Balaban J connectivity index is 2.29. The van der Waals surface area contributed by atoms with Gasteiger partial charge >= 0.3 is 6.09 Å². The molecule has 1 atom stereocenters. The molecule has 0 bridgehead atoms. The molecule has 16 heavy (non-hydrogen) atoms. The first-order valence-electron chi connectivity index (χ1n) is 5.27. The van der Waals surface area contributed by atoms with Crippen LogP contribution in [0.1, 0.15) is 24.9 Å². The Kier molecular flexibility index (Phi) is 2.90. The Morgan fingerprint density at radius 1 is 1.31 bits per heavy atom. The number of benzene rings is 1. The monoisotopic (exact) mass is 219 g/mol. The Morgan fingerprint density at radius 3 is 2.50 bits per heavy atom. The van der Waals surface area contributed by atoms with Crippen molar-refractivity contribution in [3.05, 3.63) is 35.9 Å². The third-order valence-electron chi connectivity index (χ3n) is 2.67. The molecule has 1 aliphatic rings. The molecule has 1 fully saturated rings. The Morgan fingerprint density at radius 2 is 2.00 bits per heavy atom. The Labute approximate surface area is 93.8 Å². The highest BCUT2D eigenvalue weighted by atomic mass is 16.6. The van der Waals surface area contributed by atoms with Gasteiger partial charge in [-0.15, -0.1) is 0 Å². The molecule has 1 heterocycles. The first-order chi connectivity index (χ1) is 7.74. The predicted molar refractivity (Wildman–Crippen MR) is 57.7 cm³/mol. The van der Waals surface area contributed by atoms with Crippen LogP contribution in [0.2, 0.25) is 0 Å². The number of carbonyl (C=O) groups excluding carboxylic acids is 2. The Hall–Kier alpha value is -1.84. The largest absolute Gasteiger partial charge is 0.439 e. The average molecular weight is 219 g/mol. The van der Waals surface area contributed by atoms with E-state index in [1.807, 2.05) is 37.3 Å². The number of rotatable bonds is 3. The number of ether oxygens (including phenoxy) is 1. The van der Waals surface area contributed by atoms with Crippen molar-refractivity contribution in [3.63, 3.8) is 0 Å². The zero-order valence-corrected chi connectivity index (χ0v) is 9.05. The molecule has 84 valence electrons. The summed E-state index contributed by atoms with van der Waals surface area (Å²) < 4.78 is 4.72. The van der Waals surface area contributed by atoms with Crippen molar-refractivity contribution in [1.29, 1.82) is 0 Å². The average Bonchev–Trinajstić information content (AvgIpc) is 2.63. The molecular formula is C12H13NO3. The highest BCUT2D eigenvalue weighted by Gasteiger charge is 2.36. The number of amides is 2. The van der Waals surface area contributed by atoms with Crippen LogP contribution in [0.5, 0.6) is 0 Å². The number of nitrogens with zero attached hydrogens (tertiary/aromatic N) is 1. The fourth-order valence-electron chi connectivity index (χ4n) is 1.91. The van der Waals surface area contributed by atoms with Gasteiger partial charge in [-0.3, -0.25) is 4.79 Å². The summed E-state index contributed by atoms with van der Waals surface area (Å²) in [6.07, 6.45) is 0.144. The summed E-state index contributed by atoms with van der Waals surface area (Å²) in [6, 6.07) is 9.29. The van der Waals surface area contributed by atoms with Crippen molar-refractivity contribution in [2.45, 2.75) is 19.4 Å². The van der Waals surface area contributed by atoms with Gasteiger partial charge in [0.15, 0.2) is 6.61 Å². The summed E-state index contributed by atoms with van der Waals surface area (Å²) in [7, 11) is 0. The molecule has 0 spiro atoms. The summed E-state index contributed by atoms with van der Waals surface area (Å²) in [4.78, 5) is 24.2. The van der Waals surface area contributed by atoms with Gasteiger partial charge in [0, 0.05) is 0 Å². The summed E-state index contributed by atoms with van der Waals surface area (Å²) >= 11 is 0. The second-order valence-electron chi connectivity index (χ2n) is 3.65. The number of carbonyl (C=O) groups is 2. The lowest BCUT2D eigenvalue weighted by atomic mass is 10.0. The molecule has 1 saturated heterocycles. The van der Waals surface area contributed by atoms with Crippen molar-refractivity contribution < 1.29 is 14.3 Å². The van der Waals surface area contributed by atoms with Gasteiger partial charge in [0.05, 0.1) is 6.04 Å². The molecule has 0 unspecified atom stereocenters. The SMILES string of the molecule is CC[C@H](c1ccccc1)N1C(=O)COC1=O. The van der Waals surface area contributed by atoms with Gasteiger partial charge in [-0.1, -0.05) is 37.3 Å². The maximum atomic E-state index is 11.5. The lowest BCUT2D eigenvalue weighted by Crippen LogP contribution is -2.33. The number of hydrogen-bond acceptors (Lipinski definition) is 3. The molecule has 0 radical (unpaired) electrons. The van der Waals surface area contributed by atoms with Gasteiger partial charge in [0.2, 0.25) is 0 Å². The van der Waals surface area contributed by atoms with Gasteiger partial charge in [0.25, 0.3) is 5.91 Å². The first-order valence-corrected chi connectivity index (χ1v) is 5.27. The smallest absolute Gasteiger partial charge is 0.417 e. The van der Waals surface area contributed by atoms with E-state index in [0.717, 1.165) is 5.56 Å². The first kappa shape index (κ1) is 10.7. The van der Waals surface area contributed by atoms with Crippen molar-refractivity contribution in [2.75, 3.05) is 6.61 Å². The highest BCUT2D eigenvalue weighted by molar-refractivity contribution is 5.98.